The van der Waals surface area contributed by atoms with Crippen molar-refractivity contribution in [3.8, 4) is 6.07 Å². The summed E-state index contributed by atoms with van der Waals surface area (Å²) >= 11 is 0. The first-order valence-corrected chi connectivity index (χ1v) is 4.29. The number of nitriles is 1. The Bertz CT molecular complexity index is 319. The highest BCUT2D eigenvalue weighted by atomic mass is 16.1. The molecule has 0 aromatic heterocycles. The zero-order chi connectivity index (χ0) is 7.33. The average molecular weight is 145 g/mol. The third-order valence-electron chi connectivity index (χ3n) is 4.21. The van der Waals surface area contributed by atoms with Crippen LogP contribution in [-0.2, 0) is 4.79 Å². The summed E-state index contributed by atoms with van der Waals surface area (Å²) in [6.45, 7) is 0. The molecule has 0 saturated heterocycles. The van der Waals surface area contributed by atoms with E-state index in [-0.39, 0.29) is 11.8 Å². The van der Waals surface area contributed by atoms with Gasteiger partial charge in [0.15, 0.2) is 0 Å². The molecule has 0 aromatic carbocycles. The number of Topliss-reactive ketones (excluding diaryl/α,β-unsaturated/α-hetero) is 1. The Morgan fingerprint density at radius 3 is 2.45 bits per heavy atom. The summed E-state index contributed by atoms with van der Waals surface area (Å²) in [6, 6.07) is 2.26. The Hall–Kier alpha value is -0.840. The van der Waals surface area contributed by atoms with Crippen molar-refractivity contribution in [3.05, 3.63) is 0 Å². The first-order valence-electron chi connectivity index (χ1n) is 4.29. The van der Waals surface area contributed by atoms with E-state index in [1.807, 2.05) is 0 Å². The van der Waals surface area contributed by atoms with Crippen LogP contribution < -0.4 is 0 Å². The zero-order valence-corrected chi connectivity index (χ0v) is 5.90. The summed E-state index contributed by atoms with van der Waals surface area (Å²) in [6.07, 6.45) is 0. The van der Waals surface area contributed by atoms with E-state index in [2.05, 4.69) is 6.07 Å². The van der Waals surface area contributed by atoms with Crippen molar-refractivity contribution < 1.29 is 4.79 Å². The molecule has 5 aliphatic carbocycles. The van der Waals surface area contributed by atoms with Gasteiger partial charge in [-0.1, -0.05) is 0 Å². The van der Waals surface area contributed by atoms with Crippen molar-refractivity contribution in [1.82, 2.24) is 0 Å². The van der Waals surface area contributed by atoms with Gasteiger partial charge >= 0.3 is 0 Å². The predicted octanol–water partition coefficient (Wildman–Crippen LogP) is 0.447. The number of hydrogen-bond acceptors (Lipinski definition) is 2. The maximum Gasteiger partial charge on any atom is 0.141 e. The summed E-state index contributed by atoms with van der Waals surface area (Å²) in [4.78, 5) is 11.4. The molecule has 11 heavy (non-hydrogen) atoms. The standard InChI is InChI=1S/C9H7NO/c10-1-2-3-4(2)9(11)8-6-5(3)7(6)8/h2-8H/t2-,3-,4+,5?,6+,7+,8?/m0/s1. The lowest BCUT2D eigenvalue weighted by Gasteiger charge is -2.15. The molecule has 0 N–H and O–H groups in total. The van der Waals surface area contributed by atoms with Gasteiger partial charge in [0.25, 0.3) is 0 Å². The number of nitrogens with zero attached hydrogens (tertiary/aromatic N) is 1. The fourth-order valence-corrected chi connectivity index (χ4v) is 3.54. The van der Waals surface area contributed by atoms with Crippen molar-refractivity contribution in [1.29, 1.82) is 5.26 Å². The lowest BCUT2D eigenvalue weighted by molar-refractivity contribution is -0.125. The molecule has 5 fully saturated rings. The number of ketones is 1. The van der Waals surface area contributed by atoms with Gasteiger partial charge in [-0.15, -0.1) is 0 Å². The summed E-state index contributed by atoms with van der Waals surface area (Å²) in [7, 11) is 0. The minimum atomic E-state index is 0.132. The number of carbonyl (C=O) groups excluding carboxylic acids is 1. The molecule has 5 atom stereocenters. The summed E-state index contributed by atoms with van der Waals surface area (Å²) in [5.74, 6) is 4.10. The number of carbonyl (C=O) groups is 1. The molecule has 2 nitrogen and oxygen atoms in total. The second-order valence-electron chi connectivity index (χ2n) is 4.42. The lowest BCUT2D eigenvalue weighted by Crippen LogP contribution is -2.22. The van der Waals surface area contributed by atoms with Gasteiger partial charge in [-0.25, -0.2) is 0 Å². The summed E-state index contributed by atoms with van der Waals surface area (Å²) in [5.41, 5.74) is 0. The minimum absolute atomic E-state index is 0.132. The van der Waals surface area contributed by atoms with Crippen LogP contribution in [0.15, 0.2) is 0 Å². The first-order chi connectivity index (χ1) is 5.36. The van der Waals surface area contributed by atoms with Gasteiger partial charge in [-0.05, 0) is 23.7 Å². The van der Waals surface area contributed by atoms with Gasteiger partial charge in [0, 0.05) is 11.8 Å². The fourth-order valence-electron chi connectivity index (χ4n) is 3.54. The van der Waals surface area contributed by atoms with Crippen LogP contribution in [0.1, 0.15) is 0 Å². The molecule has 0 spiro atoms. The molecule has 2 bridgehead atoms. The van der Waals surface area contributed by atoms with Crippen LogP contribution in [0, 0.1) is 52.8 Å². The second kappa shape index (κ2) is 1.04. The van der Waals surface area contributed by atoms with E-state index in [0.29, 0.717) is 17.6 Å². The first kappa shape index (κ1) is 4.92. The molecule has 0 heterocycles. The third-order valence-corrected chi connectivity index (χ3v) is 4.21. The van der Waals surface area contributed by atoms with Crippen molar-refractivity contribution in [2.45, 2.75) is 0 Å². The monoisotopic (exact) mass is 145 g/mol. The molecule has 5 saturated carbocycles. The van der Waals surface area contributed by atoms with Crippen molar-refractivity contribution in [2.75, 3.05) is 0 Å². The van der Waals surface area contributed by atoms with Gasteiger partial charge in [0.05, 0.1) is 12.0 Å². The highest BCUT2D eigenvalue weighted by Gasteiger charge is 2.88. The van der Waals surface area contributed by atoms with E-state index in [9.17, 15) is 4.79 Å². The van der Waals surface area contributed by atoms with Crippen molar-refractivity contribution in [3.63, 3.8) is 0 Å². The topological polar surface area (TPSA) is 40.9 Å². The van der Waals surface area contributed by atoms with Crippen LogP contribution in [0.3, 0.4) is 0 Å². The minimum Gasteiger partial charge on any atom is -0.299 e. The Morgan fingerprint density at radius 2 is 1.82 bits per heavy atom. The Kier molecular flexibility index (Phi) is 0.468. The van der Waals surface area contributed by atoms with E-state index in [1.54, 1.807) is 0 Å². The van der Waals surface area contributed by atoms with Gasteiger partial charge in [0.1, 0.15) is 5.78 Å². The van der Waals surface area contributed by atoms with Crippen LogP contribution in [0.5, 0.6) is 0 Å². The van der Waals surface area contributed by atoms with Crippen molar-refractivity contribution >= 4 is 5.78 Å². The van der Waals surface area contributed by atoms with Crippen LogP contribution >= 0.6 is 0 Å². The van der Waals surface area contributed by atoms with Gasteiger partial charge in [0.2, 0.25) is 0 Å². The van der Waals surface area contributed by atoms with E-state index in [1.165, 1.54) is 0 Å². The Morgan fingerprint density at radius 1 is 1.09 bits per heavy atom. The van der Waals surface area contributed by atoms with E-state index >= 15 is 0 Å². The highest BCUT2D eigenvalue weighted by Crippen LogP contribution is 2.86. The van der Waals surface area contributed by atoms with Crippen LogP contribution in [-0.4, -0.2) is 5.78 Å². The molecule has 54 valence electrons. The van der Waals surface area contributed by atoms with E-state index in [4.69, 9.17) is 5.26 Å². The quantitative estimate of drug-likeness (QED) is 0.496. The normalized spacial score (nSPS) is 72.6. The SMILES string of the molecule is N#C[C@@H]1[C@H]2C(=O)C3[C@@H]4C([C@@H]34)[C@@H]12. The molecule has 2 heteroatoms. The van der Waals surface area contributed by atoms with Crippen LogP contribution in [0.4, 0.5) is 0 Å². The molecule has 0 aliphatic heterocycles. The molecule has 0 aromatic rings. The predicted molar refractivity (Wildman–Crippen MR) is 35.0 cm³/mol. The molecular weight excluding hydrogens is 138 g/mol. The largest absolute Gasteiger partial charge is 0.299 e. The van der Waals surface area contributed by atoms with E-state index < -0.39 is 0 Å². The maximum atomic E-state index is 11.4. The van der Waals surface area contributed by atoms with Gasteiger partial charge in [-0.3, -0.25) is 4.79 Å². The van der Waals surface area contributed by atoms with Crippen molar-refractivity contribution in [2.24, 2.45) is 41.4 Å². The number of hydrogen-bond donors (Lipinski definition) is 0. The molecule has 5 aliphatic rings. The average Bonchev–Trinajstić information content (AvgIpc) is 2.84. The van der Waals surface area contributed by atoms with Crippen LogP contribution in [0.25, 0.3) is 0 Å². The smallest absolute Gasteiger partial charge is 0.141 e. The summed E-state index contributed by atoms with van der Waals surface area (Å²) in [5, 5.41) is 8.70. The van der Waals surface area contributed by atoms with E-state index in [0.717, 1.165) is 17.8 Å². The molecule has 0 unspecified atom stereocenters. The highest BCUT2D eigenvalue weighted by molar-refractivity contribution is 5.94. The third kappa shape index (κ3) is 0.306. The lowest BCUT2D eigenvalue weighted by atomic mass is 9.87. The fraction of sp³-hybridized carbons (Fsp3) is 0.778. The van der Waals surface area contributed by atoms with Gasteiger partial charge in [-0.2, -0.15) is 5.26 Å². The second-order valence-corrected chi connectivity index (χ2v) is 4.42. The molecule has 0 radical (unpaired) electrons. The molecule has 5 rings (SSSR count). The van der Waals surface area contributed by atoms with Crippen LogP contribution in [0.2, 0.25) is 0 Å². The van der Waals surface area contributed by atoms with Gasteiger partial charge < -0.3 is 0 Å². The Balaban J connectivity index is 1.80. The Labute approximate surface area is 64.2 Å². The molecular formula is C9H7NO. The molecule has 0 amide bonds. The maximum absolute atomic E-state index is 11.4. The summed E-state index contributed by atoms with van der Waals surface area (Å²) < 4.78 is 0. The number of rotatable bonds is 0. The zero-order valence-electron chi connectivity index (χ0n) is 5.90.